The van der Waals surface area contributed by atoms with E-state index in [0.29, 0.717) is 31.3 Å². The fourth-order valence-corrected chi connectivity index (χ4v) is 13.1. The fourth-order valence-electron chi connectivity index (χ4n) is 13.1. The number of hydrogen-bond acceptors (Lipinski definition) is 14. The summed E-state index contributed by atoms with van der Waals surface area (Å²) in [6.45, 7) is 16.6. The Morgan fingerprint density at radius 2 is 1.47 bits per heavy atom. The molecule has 3 heterocycles. The molecule has 2 N–H and O–H groups in total. The highest BCUT2D eigenvalue weighted by Crippen LogP contribution is 2.85. The molecule has 0 bridgehead atoms. The Bertz CT molecular complexity index is 1600. The molecule has 0 aromatic rings. The van der Waals surface area contributed by atoms with Crippen LogP contribution in [-0.4, -0.2) is 127 Å². The van der Waals surface area contributed by atoms with Gasteiger partial charge in [0.1, 0.15) is 53.6 Å². The van der Waals surface area contributed by atoms with E-state index in [1.165, 1.54) is 14.0 Å². The van der Waals surface area contributed by atoms with E-state index in [-0.39, 0.29) is 17.8 Å². The second-order valence-corrected chi connectivity index (χ2v) is 18.7. The number of allylic oxidation sites excluding steroid dienone is 1. The Balaban J connectivity index is 1.12. The van der Waals surface area contributed by atoms with E-state index in [4.69, 9.17) is 42.6 Å². The van der Waals surface area contributed by atoms with Crippen LogP contribution in [0.3, 0.4) is 0 Å². The number of ketones is 1. The van der Waals surface area contributed by atoms with Gasteiger partial charge < -0.3 is 52.8 Å². The molecule has 0 aromatic carbocycles. The molecule has 2 spiro atoms. The van der Waals surface area contributed by atoms with Crippen molar-refractivity contribution in [2.45, 2.75) is 199 Å². The average Bonchev–Trinajstić information content (AvgIpc) is 3.74. The molecule has 0 radical (unpaired) electrons. The maximum atomic E-state index is 13.8. The molecule has 14 heteroatoms. The van der Waals surface area contributed by atoms with Gasteiger partial charge in [-0.1, -0.05) is 26.8 Å². The predicted octanol–water partition coefficient (Wildman–Crippen LogP) is 4.33. The average molecular weight is 807 g/mol. The number of fused-ring (bicyclic) bond motifs is 2. The lowest BCUT2D eigenvalue weighted by atomic mass is 9.36. The number of carbonyl (C=O) groups excluding carboxylic acids is 3. The summed E-state index contributed by atoms with van der Waals surface area (Å²) in [4.78, 5) is 40.2. The number of aliphatic hydroxyl groups excluding tert-OH is 2. The number of rotatable bonds is 10. The van der Waals surface area contributed by atoms with E-state index in [9.17, 15) is 24.6 Å². The van der Waals surface area contributed by atoms with Crippen LogP contribution in [0.2, 0.25) is 0 Å². The minimum atomic E-state index is -1.22. The third-order valence-corrected chi connectivity index (χ3v) is 16.5. The maximum absolute atomic E-state index is 13.8. The van der Waals surface area contributed by atoms with Crippen molar-refractivity contribution in [3.05, 3.63) is 11.6 Å². The minimum absolute atomic E-state index is 0.0231. The van der Waals surface area contributed by atoms with Gasteiger partial charge in [0, 0.05) is 49.9 Å². The zero-order valence-electron chi connectivity index (χ0n) is 35.6. The first-order valence-electron chi connectivity index (χ1n) is 21.1. The van der Waals surface area contributed by atoms with Crippen LogP contribution >= 0.6 is 0 Å². The van der Waals surface area contributed by atoms with Gasteiger partial charge in [-0.25, -0.2) is 4.79 Å². The number of carbonyl (C=O) groups is 3. The highest BCUT2D eigenvalue weighted by molar-refractivity contribution is 5.88. The highest BCUT2D eigenvalue weighted by atomic mass is 16.7. The third-order valence-electron chi connectivity index (χ3n) is 16.5. The number of epoxide rings is 1. The van der Waals surface area contributed by atoms with E-state index >= 15 is 0 Å². The summed E-state index contributed by atoms with van der Waals surface area (Å²) in [5, 5.41) is 21.4. The SMILES string of the molecule is C/C=C(\C)C(=O)O[C@@H]1[C@@H](OC(C)=O)[C@]2(C)C(C(C)=O)CC[C@@]23O[C@]32CC[C@H]3C[C@@H](O[C@H]4C[C@@H](OC)[C@H](O[C@@H]5O[C@H](C)[C@@H](O)[C@@H](OC)[C@H]5O)[C@@H](C)O4)CC[C@]3(C)[C@@]12C. The zero-order chi connectivity index (χ0) is 41.6. The van der Waals surface area contributed by atoms with Gasteiger partial charge in [0.05, 0.1) is 24.4 Å². The van der Waals surface area contributed by atoms with Gasteiger partial charge in [0.25, 0.3) is 0 Å². The van der Waals surface area contributed by atoms with Gasteiger partial charge in [-0.15, -0.1) is 0 Å². The minimum Gasteiger partial charge on any atom is -0.458 e. The summed E-state index contributed by atoms with van der Waals surface area (Å²) in [5.41, 5.74) is -3.00. The number of aliphatic hydroxyl groups is 2. The van der Waals surface area contributed by atoms with E-state index in [1.807, 2.05) is 13.8 Å². The Morgan fingerprint density at radius 1 is 0.772 bits per heavy atom. The topological polar surface area (TPSA) is 178 Å². The molecular formula is C43H66O14. The molecule has 4 aliphatic carbocycles. The number of esters is 2. The second kappa shape index (κ2) is 15.2. The van der Waals surface area contributed by atoms with Gasteiger partial charge in [0.15, 0.2) is 12.6 Å². The first kappa shape index (κ1) is 43.1. The van der Waals surface area contributed by atoms with Crippen molar-refractivity contribution < 1.29 is 67.2 Å². The van der Waals surface area contributed by atoms with Gasteiger partial charge >= 0.3 is 11.9 Å². The first-order chi connectivity index (χ1) is 26.8. The zero-order valence-corrected chi connectivity index (χ0v) is 35.6. The monoisotopic (exact) mass is 806 g/mol. The number of hydrogen-bond donors (Lipinski definition) is 2. The summed E-state index contributed by atoms with van der Waals surface area (Å²) in [5.74, 6) is -1.20. The van der Waals surface area contributed by atoms with Crippen LogP contribution in [0.25, 0.3) is 0 Å². The van der Waals surface area contributed by atoms with Crippen LogP contribution < -0.4 is 0 Å². The van der Waals surface area contributed by atoms with Crippen molar-refractivity contribution in [3.63, 3.8) is 0 Å². The first-order valence-corrected chi connectivity index (χ1v) is 21.1. The van der Waals surface area contributed by atoms with Crippen LogP contribution in [0.15, 0.2) is 11.6 Å². The van der Waals surface area contributed by atoms with E-state index in [2.05, 4.69) is 13.8 Å². The Labute approximate surface area is 336 Å². The van der Waals surface area contributed by atoms with E-state index < -0.39 is 113 Å². The van der Waals surface area contributed by atoms with Crippen LogP contribution in [0.4, 0.5) is 0 Å². The lowest BCUT2D eigenvalue weighted by molar-refractivity contribution is -0.343. The van der Waals surface area contributed by atoms with Crippen molar-refractivity contribution in [3.8, 4) is 0 Å². The van der Waals surface area contributed by atoms with Crippen LogP contribution in [0.5, 0.6) is 0 Å². The molecule has 0 aromatic heterocycles. The summed E-state index contributed by atoms with van der Waals surface area (Å²) in [6, 6.07) is 0. The van der Waals surface area contributed by atoms with Gasteiger partial charge in [-0.2, -0.15) is 0 Å². The highest BCUT2D eigenvalue weighted by Gasteiger charge is 2.95. The Kier molecular flexibility index (Phi) is 11.5. The molecular weight excluding hydrogens is 740 g/mol. The smallest absolute Gasteiger partial charge is 0.333 e. The van der Waals surface area contributed by atoms with Crippen molar-refractivity contribution in [1.82, 2.24) is 0 Å². The molecule has 4 saturated carbocycles. The summed E-state index contributed by atoms with van der Waals surface area (Å²) in [6.07, 6.45) is -1.58. The molecule has 322 valence electrons. The molecule has 19 atom stereocenters. The maximum Gasteiger partial charge on any atom is 0.333 e. The van der Waals surface area contributed by atoms with Crippen LogP contribution in [-0.2, 0) is 57.0 Å². The molecule has 7 rings (SSSR count). The van der Waals surface area contributed by atoms with Gasteiger partial charge in [0.2, 0.25) is 0 Å². The summed E-state index contributed by atoms with van der Waals surface area (Å²) < 4.78 is 56.7. The summed E-state index contributed by atoms with van der Waals surface area (Å²) in [7, 11) is 3.04. The largest absolute Gasteiger partial charge is 0.458 e. The molecule has 7 aliphatic rings. The fraction of sp³-hybridized carbons (Fsp3) is 0.884. The van der Waals surface area contributed by atoms with Gasteiger partial charge in [-0.05, 0) is 90.9 Å². The second-order valence-electron chi connectivity index (χ2n) is 18.7. The molecule has 3 saturated heterocycles. The van der Waals surface area contributed by atoms with E-state index in [1.54, 1.807) is 40.9 Å². The molecule has 57 heavy (non-hydrogen) atoms. The quantitative estimate of drug-likeness (QED) is 0.138. The van der Waals surface area contributed by atoms with Crippen molar-refractivity contribution >= 4 is 17.7 Å². The van der Waals surface area contributed by atoms with Crippen molar-refractivity contribution in [2.75, 3.05) is 14.2 Å². The van der Waals surface area contributed by atoms with Crippen molar-refractivity contribution in [1.29, 1.82) is 0 Å². The molecule has 0 amide bonds. The van der Waals surface area contributed by atoms with E-state index in [0.717, 1.165) is 25.7 Å². The number of methoxy groups -OCH3 is 2. The van der Waals surface area contributed by atoms with Crippen molar-refractivity contribution in [2.24, 2.45) is 28.1 Å². The lowest BCUT2D eigenvalue weighted by Crippen LogP contribution is -2.75. The molecule has 1 unspecified atom stereocenters. The molecule has 3 aliphatic heterocycles. The molecule has 14 nitrogen and oxygen atoms in total. The van der Waals surface area contributed by atoms with Gasteiger partial charge in [-0.3, -0.25) is 9.59 Å². The normalized spacial score (nSPS) is 51.8. The van der Waals surface area contributed by atoms with Crippen LogP contribution in [0.1, 0.15) is 114 Å². The molecule has 7 fully saturated rings. The van der Waals surface area contributed by atoms with Crippen LogP contribution in [0, 0.1) is 28.1 Å². The third kappa shape index (κ3) is 6.15. The number of Topliss-reactive ketones (excluding diaryl/α,β-unsaturated/α-hetero) is 1. The standard InChI is InChI=1S/C43H66O14/c1-12-21(2)37(48)56-36-35(53-25(6)45)40(8)28(22(3)44)15-18-42(40)43(57-42)17-13-26-19-27(14-16-39(26,7)41(36,43)9)54-30-20-29(49-10)33(24(5)51-30)55-38-32(47)34(50-11)31(46)23(4)52-38/h12,23-24,26-36,38,46-47H,13-20H2,1-11H3/b21-12+/t23-,24-,26+,27+,28?,29-,30+,31-,32-,33-,34-,35-,36-,38+,39+,40+,41-,42-,43+/m1/s1. The summed E-state index contributed by atoms with van der Waals surface area (Å²) >= 11 is 0. The Hall–Kier alpha value is -2.01. The number of ether oxygens (including phenoxy) is 9. The predicted molar refractivity (Wildman–Crippen MR) is 202 cm³/mol. The lowest BCUT2D eigenvalue weighted by Gasteiger charge is -2.67. The Morgan fingerprint density at radius 3 is 2.11 bits per heavy atom.